The van der Waals surface area contributed by atoms with Crippen molar-refractivity contribution in [2.75, 3.05) is 26.7 Å². The van der Waals surface area contributed by atoms with Crippen molar-refractivity contribution in [3.8, 4) is 0 Å². The second-order valence-electron chi connectivity index (χ2n) is 4.76. The minimum absolute atomic E-state index is 0. The first-order valence-corrected chi connectivity index (χ1v) is 8.90. The van der Waals surface area contributed by atoms with Gasteiger partial charge in [-0.2, -0.15) is 0 Å². The highest BCUT2D eigenvalue weighted by atomic mass is 35.5. The second-order valence-corrected chi connectivity index (χ2v) is 7.56. The first kappa shape index (κ1) is 18.4. The Bertz CT molecular complexity index is 568. The molecular formula is C12H20ClN3O3S2. The number of thiophene rings is 1. The lowest BCUT2D eigenvalue weighted by Gasteiger charge is -2.08. The number of sulfonamides is 1. The average molecular weight is 354 g/mol. The molecule has 9 heteroatoms. The van der Waals surface area contributed by atoms with E-state index < -0.39 is 10.0 Å². The van der Waals surface area contributed by atoms with Gasteiger partial charge in [-0.15, -0.1) is 23.7 Å². The molecule has 0 bridgehead atoms. The average Bonchev–Trinajstić information content (AvgIpc) is 3.10. The van der Waals surface area contributed by atoms with Crippen molar-refractivity contribution in [3.05, 3.63) is 16.3 Å². The predicted molar refractivity (Wildman–Crippen MR) is 85.7 cm³/mol. The molecule has 0 spiro atoms. The van der Waals surface area contributed by atoms with Crippen LogP contribution in [-0.4, -0.2) is 41.0 Å². The molecule has 3 N–H and O–H groups in total. The Kier molecular flexibility index (Phi) is 7.08. The molecule has 1 atom stereocenters. The molecule has 21 heavy (non-hydrogen) atoms. The summed E-state index contributed by atoms with van der Waals surface area (Å²) in [4.78, 5) is 12.5. The van der Waals surface area contributed by atoms with Gasteiger partial charge in [0.05, 0.1) is 9.77 Å². The Balaban J connectivity index is 0.00000220. The van der Waals surface area contributed by atoms with E-state index >= 15 is 0 Å². The highest BCUT2D eigenvalue weighted by molar-refractivity contribution is 7.89. The zero-order chi connectivity index (χ0) is 14.6. The molecule has 1 fully saturated rings. The highest BCUT2D eigenvalue weighted by Gasteiger charge is 2.18. The third kappa shape index (κ3) is 4.93. The Morgan fingerprint density at radius 3 is 2.90 bits per heavy atom. The summed E-state index contributed by atoms with van der Waals surface area (Å²) in [5.41, 5.74) is 0. The van der Waals surface area contributed by atoms with Gasteiger partial charge in [0.15, 0.2) is 0 Å². The lowest BCUT2D eigenvalue weighted by molar-refractivity contribution is 0.0955. The van der Waals surface area contributed by atoms with Crippen molar-refractivity contribution >= 4 is 39.7 Å². The zero-order valence-electron chi connectivity index (χ0n) is 11.7. The topological polar surface area (TPSA) is 87.3 Å². The van der Waals surface area contributed by atoms with E-state index in [1.165, 1.54) is 18.5 Å². The SMILES string of the molecule is CNS(=O)(=O)c1csc(C(=O)NCCC2CCNC2)c1.Cl. The molecule has 1 unspecified atom stereocenters. The molecule has 1 aliphatic heterocycles. The number of hydrogen-bond donors (Lipinski definition) is 3. The molecular weight excluding hydrogens is 334 g/mol. The van der Waals surface area contributed by atoms with Gasteiger partial charge >= 0.3 is 0 Å². The van der Waals surface area contributed by atoms with Crippen molar-refractivity contribution in [1.82, 2.24) is 15.4 Å². The van der Waals surface area contributed by atoms with Crippen LogP contribution in [0, 0.1) is 5.92 Å². The molecule has 1 aromatic rings. The van der Waals surface area contributed by atoms with E-state index in [0.717, 1.165) is 37.3 Å². The van der Waals surface area contributed by atoms with Crippen molar-refractivity contribution in [1.29, 1.82) is 0 Å². The van der Waals surface area contributed by atoms with E-state index in [4.69, 9.17) is 0 Å². The number of nitrogens with one attached hydrogen (secondary N) is 3. The van der Waals surface area contributed by atoms with Crippen LogP contribution < -0.4 is 15.4 Å². The summed E-state index contributed by atoms with van der Waals surface area (Å²) in [7, 11) is -2.12. The van der Waals surface area contributed by atoms with E-state index in [9.17, 15) is 13.2 Å². The molecule has 1 amide bonds. The molecule has 1 saturated heterocycles. The second kappa shape index (κ2) is 8.09. The fourth-order valence-electron chi connectivity index (χ4n) is 2.13. The maximum Gasteiger partial charge on any atom is 0.261 e. The summed E-state index contributed by atoms with van der Waals surface area (Å²) < 4.78 is 25.4. The van der Waals surface area contributed by atoms with Gasteiger partial charge < -0.3 is 10.6 Å². The van der Waals surface area contributed by atoms with Crippen LogP contribution in [0.4, 0.5) is 0 Å². The number of carbonyl (C=O) groups is 1. The Hall–Kier alpha value is -0.670. The molecule has 120 valence electrons. The van der Waals surface area contributed by atoms with Crippen LogP contribution in [0.2, 0.25) is 0 Å². The van der Waals surface area contributed by atoms with Gasteiger partial charge in [0.2, 0.25) is 10.0 Å². The standard InChI is InChI=1S/C12H19N3O3S2.ClH/c1-13-20(17,18)10-6-11(19-8-10)12(16)15-5-3-9-2-4-14-7-9;/h6,8-9,13-14H,2-5,7H2,1H3,(H,15,16);1H. The Morgan fingerprint density at radius 2 is 2.29 bits per heavy atom. The normalized spacial score (nSPS) is 18.2. The predicted octanol–water partition coefficient (Wildman–Crippen LogP) is 0.807. The summed E-state index contributed by atoms with van der Waals surface area (Å²) in [5, 5.41) is 7.60. The monoisotopic (exact) mass is 353 g/mol. The van der Waals surface area contributed by atoms with Gasteiger partial charge in [-0.1, -0.05) is 0 Å². The number of amides is 1. The van der Waals surface area contributed by atoms with Gasteiger partial charge in [0, 0.05) is 11.9 Å². The number of carbonyl (C=O) groups excluding carboxylic acids is 1. The fourth-order valence-corrected chi connectivity index (χ4v) is 4.05. The third-order valence-corrected chi connectivity index (χ3v) is 5.85. The molecule has 2 rings (SSSR count). The number of halogens is 1. The van der Waals surface area contributed by atoms with Crippen LogP contribution in [0.15, 0.2) is 16.3 Å². The Morgan fingerprint density at radius 1 is 1.52 bits per heavy atom. The Labute approximate surface area is 135 Å². The van der Waals surface area contributed by atoms with Gasteiger partial charge in [0.1, 0.15) is 0 Å². The third-order valence-electron chi connectivity index (χ3n) is 3.38. The largest absolute Gasteiger partial charge is 0.351 e. The number of rotatable bonds is 6. The maximum atomic E-state index is 11.9. The van der Waals surface area contributed by atoms with E-state index in [2.05, 4.69) is 15.4 Å². The van der Waals surface area contributed by atoms with Crippen molar-refractivity contribution in [2.24, 2.45) is 5.92 Å². The van der Waals surface area contributed by atoms with Crippen LogP contribution in [-0.2, 0) is 10.0 Å². The molecule has 0 radical (unpaired) electrons. The van der Waals surface area contributed by atoms with E-state index in [0.29, 0.717) is 17.3 Å². The maximum absolute atomic E-state index is 11.9. The summed E-state index contributed by atoms with van der Waals surface area (Å²) >= 11 is 1.14. The van der Waals surface area contributed by atoms with Gasteiger partial charge in [-0.25, -0.2) is 13.1 Å². The summed E-state index contributed by atoms with van der Waals surface area (Å²) in [6.07, 6.45) is 2.10. The van der Waals surface area contributed by atoms with Crippen LogP contribution in [0.1, 0.15) is 22.5 Å². The summed E-state index contributed by atoms with van der Waals surface area (Å²) in [5.74, 6) is 0.414. The van der Waals surface area contributed by atoms with E-state index in [1.54, 1.807) is 0 Å². The summed E-state index contributed by atoms with van der Waals surface area (Å²) in [6, 6.07) is 1.41. The van der Waals surface area contributed by atoms with Crippen LogP contribution in [0.5, 0.6) is 0 Å². The van der Waals surface area contributed by atoms with Crippen LogP contribution in [0.3, 0.4) is 0 Å². The van der Waals surface area contributed by atoms with Crippen molar-refractivity contribution in [2.45, 2.75) is 17.7 Å². The molecule has 0 aliphatic carbocycles. The first-order chi connectivity index (χ1) is 9.53. The molecule has 2 heterocycles. The quantitative estimate of drug-likeness (QED) is 0.706. The van der Waals surface area contributed by atoms with E-state index in [-0.39, 0.29) is 23.2 Å². The van der Waals surface area contributed by atoms with E-state index in [1.807, 2.05) is 0 Å². The van der Waals surface area contributed by atoms with Crippen LogP contribution >= 0.6 is 23.7 Å². The van der Waals surface area contributed by atoms with Gasteiger partial charge in [-0.3, -0.25) is 4.79 Å². The smallest absolute Gasteiger partial charge is 0.261 e. The lowest BCUT2D eigenvalue weighted by Crippen LogP contribution is -2.25. The zero-order valence-corrected chi connectivity index (χ0v) is 14.2. The molecule has 0 aromatic carbocycles. The first-order valence-electron chi connectivity index (χ1n) is 6.54. The van der Waals surface area contributed by atoms with Gasteiger partial charge in [-0.05, 0) is 45.0 Å². The van der Waals surface area contributed by atoms with Crippen molar-refractivity contribution < 1.29 is 13.2 Å². The fraction of sp³-hybridized carbons (Fsp3) is 0.583. The molecule has 1 aliphatic rings. The molecule has 0 saturated carbocycles. The summed E-state index contributed by atoms with van der Waals surface area (Å²) in [6.45, 7) is 2.69. The lowest BCUT2D eigenvalue weighted by atomic mass is 10.1. The molecule has 1 aromatic heterocycles. The van der Waals surface area contributed by atoms with Gasteiger partial charge in [0.25, 0.3) is 5.91 Å². The minimum atomic E-state index is -3.47. The minimum Gasteiger partial charge on any atom is -0.351 e. The molecule has 6 nitrogen and oxygen atoms in total. The highest BCUT2D eigenvalue weighted by Crippen LogP contribution is 2.19. The van der Waals surface area contributed by atoms with Crippen molar-refractivity contribution in [3.63, 3.8) is 0 Å². The number of hydrogen-bond acceptors (Lipinski definition) is 5. The van der Waals surface area contributed by atoms with Crippen LogP contribution in [0.25, 0.3) is 0 Å².